The minimum absolute atomic E-state index is 0. The number of ether oxygens (including phenoxy) is 1. The fraction of sp³-hybridized carbons (Fsp3) is 0.400. The third-order valence-corrected chi connectivity index (χ3v) is 4.42. The summed E-state index contributed by atoms with van der Waals surface area (Å²) in [5, 5.41) is 1.37. The Morgan fingerprint density at radius 2 is 1.47 bits per heavy atom. The van der Waals surface area contributed by atoms with Crippen LogP contribution in [0.1, 0.15) is 53.6 Å². The van der Waals surface area contributed by atoms with Gasteiger partial charge in [0.2, 0.25) is 0 Å². The van der Waals surface area contributed by atoms with Crippen molar-refractivity contribution in [3.63, 3.8) is 0 Å². The van der Waals surface area contributed by atoms with Gasteiger partial charge in [-0.05, 0) is 43.5 Å². The summed E-state index contributed by atoms with van der Waals surface area (Å²) in [6.45, 7) is 3.96. The molecule has 1 aliphatic heterocycles. The summed E-state index contributed by atoms with van der Waals surface area (Å²) in [5.41, 5.74) is 0.860. The van der Waals surface area contributed by atoms with E-state index in [1.807, 2.05) is 6.92 Å². The van der Waals surface area contributed by atoms with Crippen molar-refractivity contribution in [3.05, 3.63) is 58.1 Å². The Kier molecular flexibility index (Phi) is 26.9. The van der Waals surface area contributed by atoms with E-state index < -0.39 is 0 Å². The zero-order valence-electron chi connectivity index (χ0n) is 17.2. The maximum absolute atomic E-state index is 11.3. The Bertz CT molecular complexity index is 784. The molecule has 32 heavy (non-hydrogen) atoms. The first-order valence-electron chi connectivity index (χ1n) is 9.19. The van der Waals surface area contributed by atoms with Crippen molar-refractivity contribution in [2.24, 2.45) is 0 Å². The van der Waals surface area contributed by atoms with Crippen molar-refractivity contribution in [2.45, 2.75) is 32.6 Å². The van der Waals surface area contributed by atoms with Gasteiger partial charge in [0.05, 0.1) is 5.33 Å². The van der Waals surface area contributed by atoms with Crippen LogP contribution in [0.15, 0.2) is 36.7 Å². The molecule has 5 nitrogen and oxygen atoms in total. The number of hydrogen-bond donors (Lipinski definition) is 0. The monoisotopic (exact) mass is 920 g/mol. The molecule has 179 valence electrons. The molecular formula is C20H23BrCl2I3N2O3V-. The molecule has 2 aromatic rings. The first-order valence-corrected chi connectivity index (χ1v) is 23.6. The summed E-state index contributed by atoms with van der Waals surface area (Å²) in [6, 6.07) is 6.43. The Morgan fingerprint density at radius 1 is 1.03 bits per heavy atom. The van der Waals surface area contributed by atoms with E-state index in [0.29, 0.717) is 41.1 Å². The van der Waals surface area contributed by atoms with Crippen molar-refractivity contribution in [3.8, 4) is 0 Å². The summed E-state index contributed by atoms with van der Waals surface area (Å²) >= 11 is 19.7. The van der Waals surface area contributed by atoms with Gasteiger partial charge in [-0.2, -0.15) is 0 Å². The topological polar surface area (TPSA) is 69.2 Å². The van der Waals surface area contributed by atoms with Gasteiger partial charge in [-0.25, -0.2) is 0 Å². The first kappa shape index (κ1) is 35.6. The Hall–Kier alpha value is 1.43. The van der Waals surface area contributed by atoms with Gasteiger partial charge in [-0.1, -0.05) is 46.1 Å². The molecule has 3 heterocycles. The van der Waals surface area contributed by atoms with E-state index in [4.69, 9.17) is 27.9 Å². The fourth-order valence-electron chi connectivity index (χ4n) is 2.05. The molecule has 0 bridgehead atoms. The molecule has 1 radical (unpaired) electrons. The van der Waals surface area contributed by atoms with Crippen LogP contribution >= 0.6 is 76.4 Å². The molecule has 0 N–H and O–H groups in total. The number of aromatic nitrogens is 2. The van der Waals surface area contributed by atoms with Gasteiger partial charge in [0, 0.05) is 60.6 Å². The summed E-state index contributed by atoms with van der Waals surface area (Å²) < 4.78 is 4.94. The number of carbonyl (C=O) groups excluding carboxylic acids is 2. The second kappa shape index (κ2) is 24.1. The third-order valence-electron chi connectivity index (χ3n) is 3.44. The number of Topliss-reactive ketones (excluding diaryl/α,β-unsaturated/α-hetero) is 2. The molecular weight excluding hydrogens is 899 g/mol. The van der Waals surface area contributed by atoms with Crippen LogP contribution in [0.25, 0.3) is 0 Å². The molecule has 0 unspecified atom stereocenters. The second-order valence-electron chi connectivity index (χ2n) is 5.82. The largest absolute Gasteiger partial charge is 0.291 e. The third kappa shape index (κ3) is 18.7. The van der Waals surface area contributed by atoms with E-state index in [1.54, 1.807) is 30.5 Å². The van der Waals surface area contributed by atoms with Gasteiger partial charge >= 0.3 is 50.5 Å². The average Bonchev–Trinajstić information content (AvgIpc) is 3.35. The van der Waals surface area contributed by atoms with Crippen molar-refractivity contribution < 1.29 is 46.1 Å². The van der Waals surface area contributed by atoms with Crippen molar-refractivity contribution in [2.75, 3.05) is 18.5 Å². The number of nitrogens with zero attached hydrogens (tertiary/aromatic N) is 2. The minimum atomic E-state index is -0.0625. The van der Waals surface area contributed by atoms with Crippen LogP contribution in [0.3, 0.4) is 0 Å². The zero-order chi connectivity index (χ0) is 23.5. The SMILES string of the molecule is C1CCOC1.CCCC(=O)c1cc(Cl)ccn1.I[I-]I.O=C(CBr)c1cc(Cl)ccn1.[V]. The molecule has 0 aromatic carbocycles. The van der Waals surface area contributed by atoms with Crippen LogP contribution in [0.4, 0.5) is 0 Å². The Balaban J connectivity index is 0. The number of hydrogen-bond acceptors (Lipinski definition) is 5. The van der Waals surface area contributed by atoms with Crippen molar-refractivity contribution >= 4 is 87.9 Å². The standard InChI is InChI=1S/C9H10ClNO.C7H5BrClNO.C4H8O.I3.V/c1-2-3-9(12)8-6-7(10)4-5-11-8;8-4-7(11)6-3-5(9)1-2-10-6;1-2-4-5-3-1;1-3-2;/h4-6H,2-3H2,1H3;1-3H,4H2;1-4H2;;/q;;;-1;. The van der Waals surface area contributed by atoms with E-state index in [9.17, 15) is 9.59 Å². The summed E-state index contributed by atoms with van der Waals surface area (Å²) in [4.78, 5) is 30.0. The second-order valence-corrected chi connectivity index (χ2v) is 23.5. The normalized spacial score (nSPS) is 11.4. The van der Waals surface area contributed by atoms with Gasteiger partial charge in [0.25, 0.3) is 0 Å². The molecule has 3 rings (SSSR count). The molecule has 0 atom stereocenters. The predicted molar refractivity (Wildman–Crippen MR) is 144 cm³/mol. The molecule has 0 aliphatic carbocycles. The van der Waals surface area contributed by atoms with Gasteiger partial charge < -0.3 is 4.74 Å². The molecule has 0 amide bonds. The van der Waals surface area contributed by atoms with Crippen molar-refractivity contribution in [1.82, 2.24) is 9.97 Å². The van der Waals surface area contributed by atoms with Gasteiger partial charge in [-0.15, -0.1) is 0 Å². The zero-order valence-corrected chi connectivity index (χ0v) is 28.2. The van der Waals surface area contributed by atoms with Crippen LogP contribution < -0.4 is 13.3 Å². The van der Waals surface area contributed by atoms with Gasteiger partial charge in [0.1, 0.15) is 11.4 Å². The number of pyridine rings is 2. The van der Waals surface area contributed by atoms with Gasteiger partial charge in [-0.3, -0.25) is 19.6 Å². The summed E-state index contributed by atoms with van der Waals surface area (Å²) in [7, 11) is 0. The van der Waals surface area contributed by atoms with E-state index in [2.05, 4.69) is 63.1 Å². The van der Waals surface area contributed by atoms with Crippen LogP contribution in [-0.4, -0.2) is 40.1 Å². The number of halogens is 6. The fourth-order valence-corrected chi connectivity index (χ4v) is 2.66. The maximum Gasteiger partial charge on any atom is 0.191 e. The van der Waals surface area contributed by atoms with E-state index >= 15 is 0 Å². The number of rotatable bonds is 5. The molecule has 12 heteroatoms. The number of alkyl halides is 1. The molecule has 2 aromatic heterocycles. The first-order chi connectivity index (χ1) is 14.9. The van der Waals surface area contributed by atoms with Crippen LogP contribution in [0.2, 0.25) is 10.0 Å². The van der Waals surface area contributed by atoms with Crippen LogP contribution in [0, 0.1) is 0 Å². The predicted octanol–water partition coefficient (Wildman–Crippen LogP) is 4.60. The number of carbonyl (C=O) groups is 2. The number of ketones is 2. The summed E-state index contributed by atoms with van der Waals surface area (Å²) in [6.07, 6.45) is 6.99. The minimum Gasteiger partial charge on any atom is -0.291 e. The quantitative estimate of drug-likeness (QED) is 0.250. The smallest absolute Gasteiger partial charge is 0.191 e. The molecule has 1 aliphatic rings. The summed E-state index contributed by atoms with van der Waals surface area (Å²) in [5.74, 6) is -0.00694. The van der Waals surface area contributed by atoms with E-state index in [0.717, 1.165) is 19.6 Å². The molecule has 1 fully saturated rings. The van der Waals surface area contributed by atoms with Crippen LogP contribution in [-0.2, 0) is 23.3 Å². The Labute approximate surface area is 249 Å². The molecule has 0 saturated carbocycles. The van der Waals surface area contributed by atoms with E-state index in [1.165, 1.54) is 19.0 Å². The van der Waals surface area contributed by atoms with Crippen LogP contribution in [0.5, 0.6) is 0 Å². The Morgan fingerprint density at radius 3 is 1.78 bits per heavy atom. The molecule has 1 saturated heterocycles. The molecule has 0 spiro atoms. The maximum atomic E-state index is 11.3. The average molecular weight is 922 g/mol. The van der Waals surface area contributed by atoms with Crippen molar-refractivity contribution in [1.29, 1.82) is 0 Å². The van der Waals surface area contributed by atoms with Gasteiger partial charge in [0.15, 0.2) is 11.6 Å². The van der Waals surface area contributed by atoms with E-state index in [-0.39, 0.29) is 35.5 Å².